The molecular formula is C23H20BF3OS. The van der Waals surface area contributed by atoms with Gasteiger partial charge in [-0.15, -0.1) is 0 Å². The van der Waals surface area contributed by atoms with Crippen LogP contribution >= 0.6 is 11.8 Å². The van der Waals surface area contributed by atoms with Gasteiger partial charge in [0.15, 0.2) is 0 Å². The van der Waals surface area contributed by atoms with Gasteiger partial charge in [0.05, 0.1) is 0 Å². The summed E-state index contributed by atoms with van der Waals surface area (Å²) in [7, 11) is 0. The molecule has 2 heterocycles. The standard InChI is InChI=1S/C23H20BF3OS/c1-4-15-12-16-9-7-10-17(13-29-23(25,26)27)21(16)24-20-14(3)8-6-11-19(20)28-18(5-2)22(15)24/h4-11H,2,12-13H2,1,3H3/b15-4-. The number of aryl methyl sites for hydroxylation is 1. The predicted octanol–water partition coefficient (Wildman–Crippen LogP) is 5.23. The summed E-state index contributed by atoms with van der Waals surface area (Å²) in [6, 6.07) is 11.6. The molecule has 0 bridgehead atoms. The zero-order chi connectivity index (χ0) is 20.8. The number of rotatable bonds is 3. The quantitative estimate of drug-likeness (QED) is 0.639. The van der Waals surface area contributed by atoms with Crippen LogP contribution in [0.15, 0.2) is 71.9 Å². The molecule has 0 unspecified atom stereocenters. The van der Waals surface area contributed by atoms with E-state index in [-0.39, 0.29) is 24.2 Å². The Kier molecular flexibility index (Phi) is 5.15. The Bertz CT molecular complexity index is 1050. The Morgan fingerprint density at radius 2 is 1.93 bits per heavy atom. The van der Waals surface area contributed by atoms with Gasteiger partial charge in [-0.2, -0.15) is 13.2 Å². The zero-order valence-corrected chi connectivity index (χ0v) is 17.1. The predicted molar refractivity (Wildman–Crippen MR) is 115 cm³/mol. The second kappa shape index (κ2) is 7.49. The molecule has 0 aliphatic carbocycles. The van der Waals surface area contributed by atoms with Gasteiger partial charge in [-0.1, -0.05) is 54.0 Å². The van der Waals surface area contributed by atoms with Crippen LogP contribution in [0.25, 0.3) is 0 Å². The van der Waals surface area contributed by atoms with Crippen LogP contribution in [0, 0.1) is 6.92 Å². The fraction of sp³-hybridized carbons (Fsp3) is 0.217. The van der Waals surface area contributed by atoms with Gasteiger partial charge in [-0.25, -0.2) is 0 Å². The molecule has 0 atom stereocenters. The maximum absolute atomic E-state index is 13.0. The van der Waals surface area contributed by atoms with Gasteiger partial charge in [0.1, 0.15) is 11.5 Å². The monoisotopic (exact) mass is 412 g/mol. The van der Waals surface area contributed by atoms with Crippen LogP contribution in [-0.2, 0) is 12.2 Å². The lowest BCUT2D eigenvalue weighted by atomic mass is 9.30. The molecule has 1 nitrogen and oxygen atoms in total. The molecule has 0 spiro atoms. The molecule has 148 valence electrons. The fourth-order valence-electron chi connectivity index (χ4n) is 4.39. The van der Waals surface area contributed by atoms with E-state index in [4.69, 9.17) is 4.74 Å². The highest BCUT2D eigenvalue weighted by atomic mass is 32.2. The summed E-state index contributed by atoms with van der Waals surface area (Å²) < 4.78 is 45.0. The number of alkyl halides is 3. The van der Waals surface area contributed by atoms with Crippen molar-refractivity contribution in [1.29, 1.82) is 0 Å². The van der Waals surface area contributed by atoms with Crippen molar-refractivity contribution < 1.29 is 17.9 Å². The van der Waals surface area contributed by atoms with Crippen molar-refractivity contribution in [2.75, 3.05) is 0 Å². The lowest BCUT2D eigenvalue weighted by Crippen LogP contribution is -2.54. The van der Waals surface area contributed by atoms with Crippen LogP contribution in [0.3, 0.4) is 0 Å². The minimum absolute atomic E-state index is 0.0154. The zero-order valence-electron chi connectivity index (χ0n) is 16.3. The van der Waals surface area contributed by atoms with E-state index in [1.807, 2.05) is 50.2 Å². The molecule has 0 saturated carbocycles. The van der Waals surface area contributed by atoms with Crippen LogP contribution in [0.2, 0.25) is 0 Å². The highest BCUT2D eigenvalue weighted by Gasteiger charge is 2.42. The largest absolute Gasteiger partial charge is 0.458 e. The first-order valence-corrected chi connectivity index (χ1v) is 10.4. The normalized spacial score (nSPS) is 16.9. The average molecular weight is 412 g/mol. The molecule has 29 heavy (non-hydrogen) atoms. The minimum Gasteiger partial charge on any atom is -0.458 e. The van der Waals surface area contributed by atoms with Crippen molar-refractivity contribution in [2.24, 2.45) is 0 Å². The average Bonchev–Trinajstić information content (AvgIpc) is 2.69. The number of hydrogen-bond donors (Lipinski definition) is 0. The number of allylic oxidation sites excluding steroid dienone is 4. The molecular weight excluding hydrogens is 392 g/mol. The minimum atomic E-state index is -4.26. The van der Waals surface area contributed by atoms with E-state index < -0.39 is 5.51 Å². The van der Waals surface area contributed by atoms with Gasteiger partial charge < -0.3 is 4.74 Å². The molecule has 6 heteroatoms. The van der Waals surface area contributed by atoms with Gasteiger partial charge in [-0.3, -0.25) is 0 Å². The van der Waals surface area contributed by atoms with E-state index in [9.17, 15) is 13.2 Å². The van der Waals surface area contributed by atoms with Crippen LogP contribution in [0.5, 0.6) is 5.75 Å². The van der Waals surface area contributed by atoms with Crippen molar-refractivity contribution in [3.8, 4) is 5.75 Å². The van der Waals surface area contributed by atoms with Gasteiger partial charge in [-0.05, 0) is 71.8 Å². The first-order valence-electron chi connectivity index (χ1n) is 9.45. The number of fused-ring (bicyclic) bond motifs is 5. The van der Waals surface area contributed by atoms with Crippen LogP contribution in [0.4, 0.5) is 13.2 Å². The number of thioether (sulfide) groups is 1. The van der Waals surface area contributed by atoms with E-state index in [2.05, 4.69) is 12.7 Å². The Morgan fingerprint density at radius 3 is 2.62 bits per heavy atom. The Morgan fingerprint density at radius 1 is 1.17 bits per heavy atom. The SMILES string of the molecule is C=CC1=C2B(c3c(CSC(F)(F)F)cccc3C/C2=C/C)c2c(C)cccc2O1. The molecule has 0 aromatic heterocycles. The molecule has 4 rings (SSSR count). The second-order valence-electron chi connectivity index (χ2n) is 7.22. The number of hydrogen-bond acceptors (Lipinski definition) is 2. The summed E-state index contributed by atoms with van der Waals surface area (Å²) in [5.41, 5.74) is 2.75. The van der Waals surface area contributed by atoms with E-state index in [0.29, 0.717) is 12.2 Å². The van der Waals surface area contributed by atoms with Crippen molar-refractivity contribution in [1.82, 2.24) is 0 Å². The summed E-state index contributed by atoms with van der Waals surface area (Å²) in [6.45, 7) is 7.78. The molecule has 2 aliphatic heterocycles. The van der Waals surface area contributed by atoms with E-state index in [0.717, 1.165) is 44.4 Å². The topological polar surface area (TPSA) is 9.23 Å². The summed E-state index contributed by atoms with van der Waals surface area (Å²) in [5.74, 6) is 1.33. The lowest BCUT2D eigenvalue weighted by molar-refractivity contribution is -0.0329. The third kappa shape index (κ3) is 3.55. The molecule has 0 radical (unpaired) electrons. The Hall–Kier alpha value is -2.34. The lowest BCUT2D eigenvalue weighted by Gasteiger charge is -2.36. The Balaban J connectivity index is 1.99. The highest BCUT2D eigenvalue weighted by molar-refractivity contribution is 7.99. The fourth-order valence-corrected chi connectivity index (χ4v) is 4.96. The highest BCUT2D eigenvalue weighted by Crippen LogP contribution is 2.37. The molecule has 2 aromatic carbocycles. The second-order valence-corrected chi connectivity index (χ2v) is 8.26. The van der Waals surface area contributed by atoms with E-state index >= 15 is 0 Å². The van der Waals surface area contributed by atoms with Crippen LogP contribution in [0.1, 0.15) is 23.6 Å². The third-order valence-corrected chi connectivity index (χ3v) is 6.36. The molecule has 0 amide bonds. The van der Waals surface area contributed by atoms with Crippen LogP contribution < -0.4 is 15.7 Å². The van der Waals surface area contributed by atoms with E-state index in [1.165, 1.54) is 0 Å². The first-order chi connectivity index (χ1) is 13.8. The maximum Gasteiger partial charge on any atom is 0.442 e. The number of halogens is 3. The number of ether oxygens (including phenoxy) is 1. The van der Waals surface area contributed by atoms with Gasteiger partial charge in [0, 0.05) is 5.75 Å². The molecule has 0 fully saturated rings. The van der Waals surface area contributed by atoms with Crippen molar-refractivity contribution in [2.45, 2.75) is 31.5 Å². The van der Waals surface area contributed by atoms with Gasteiger partial charge in [0.2, 0.25) is 0 Å². The van der Waals surface area contributed by atoms with Gasteiger partial charge in [0.25, 0.3) is 6.71 Å². The summed E-state index contributed by atoms with van der Waals surface area (Å²) in [6.07, 6.45) is 4.44. The van der Waals surface area contributed by atoms with Crippen molar-refractivity contribution in [3.63, 3.8) is 0 Å². The van der Waals surface area contributed by atoms with Crippen LogP contribution in [-0.4, -0.2) is 12.2 Å². The number of benzene rings is 2. The maximum atomic E-state index is 13.0. The molecule has 2 aromatic rings. The summed E-state index contributed by atoms with van der Waals surface area (Å²) in [4.78, 5) is 0. The molecule has 2 aliphatic rings. The molecule has 0 saturated heterocycles. The molecule has 0 N–H and O–H groups in total. The van der Waals surface area contributed by atoms with Crippen molar-refractivity contribution >= 4 is 29.4 Å². The van der Waals surface area contributed by atoms with Gasteiger partial charge >= 0.3 is 5.51 Å². The smallest absolute Gasteiger partial charge is 0.442 e. The third-order valence-electron chi connectivity index (χ3n) is 5.57. The van der Waals surface area contributed by atoms with E-state index in [1.54, 1.807) is 6.08 Å². The summed E-state index contributed by atoms with van der Waals surface area (Å²) >= 11 is 0.0154. The Labute approximate surface area is 173 Å². The summed E-state index contributed by atoms with van der Waals surface area (Å²) in [5, 5.41) is 0. The first kappa shape index (κ1) is 20.0. The van der Waals surface area contributed by atoms with Crippen molar-refractivity contribution in [3.05, 3.63) is 88.6 Å².